The number of carbonyl (C=O) groups is 3. The average molecular weight is 479 g/mol. The molecule has 7 nitrogen and oxygen atoms in total. The molecule has 3 aromatic carbocycles. The van der Waals surface area contributed by atoms with Crippen LogP contribution in [0.2, 0.25) is 5.02 Å². The molecule has 1 unspecified atom stereocenters. The number of hydrazine groups is 1. The van der Waals surface area contributed by atoms with Gasteiger partial charge in [-0.15, -0.1) is 0 Å². The minimum Gasteiger partial charge on any atom is -0.326 e. The summed E-state index contributed by atoms with van der Waals surface area (Å²) in [5, 5.41) is 4.60. The number of benzene rings is 3. The van der Waals surface area contributed by atoms with Gasteiger partial charge in [-0.3, -0.25) is 24.7 Å². The Kier molecular flexibility index (Phi) is 6.67. The van der Waals surface area contributed by atoms with Crippen LogP contribution in [0.3, 0.4) is 0 Å². The van der Waals surface area contributed by atoms with Gasteiger partial charge < -0.3 is 5.32 Å². The van der Waals surface area contributed by atoms with Crippen molar-refractivity contribution in [2.24, 2.45) is 0 Å². The van der Waals surface area contributed by atoms with Gasteiger partial charge in [-0.25, -0.2) is 5.01 Å². The molecular weight excluding hydrogens is 460 g/mol. The van der Waals surface area contributed by atoms with Crippen LogP contribution in [0.25, 0.3) is 0 Å². The fourth-order valence-electron chi connectivity index (χ4n) is 3.40. The van der Waals surface area contributed by atoms with E-state index in [0.29, 0.717) is 22.0 Å². The lowest BCUT2D eigenvalue weighted by atomic mass is 10.1. The standard InChI is InChI=1S/C24H19ClN4O3S/c25-17-11-13-19(14-12-17)28-23(32)20(15-21(30)26-18-9-5-2-6-10-18)29(24(28)33)27-22(31)16-7-3-1-4-8-16/h1-14,20H,15H2,(H,26,30)(H,27,31). The van der Waals surface area contributed by atoms with Crippen molar-refractivity contribution in [3.8, 4) is 0 Å². The minimum atomic E-state index is -1.02. The van der Waals surface area contributed by atoms with E-state index in [9.17, 15) is 14.4 Å². The first-order valence-corrected chi connectivity index (χ1v) is 10.9. The van der Waals surface area contributed by atoms with E-state index in [2.05, 4.69) is 10.7 Å². The largest absolute Gasteiger partial charge is 0.326 e. The van der Waals surface area contributed by atoms with E-state index >= 15 is 0 Å². The Balaban J connectivity index is 1.60. The van der Waals surface area contributed by atoms with Crippen molar-refractivity contribution in [2.45, 2.75) is 12.5 Å². The van der Waals surface area contributed by atoms with Gasteiger partial charge in [-0.1, -0.05) is 48.0 Å². The maximum Gasteiger partial charge on any atom is 0.269 e. The number of rotatable bonds is 6. The van der Waals surface area contributed by atoms with Crippen LogP contribution in [0.1, 0.15) is 16.8 Å². The summed E-state index contributed by atoms with van der Waals surface area (Å²) in [7, 11) is 0. The number of halogens is 1. The second kappa shape index (κ2) is 9.81. The van der Waals surface area contributed by atoms with Crippen LogP contribution in [0.5, 0.6) is 0 Å². The molecule has 3 aromatic rings. The molecule has 1 heterocycles. The molecule has 1 aliphatic rings. The third-order valence-electron chi connectivity index (χ3n) is 4.99. The Morgan fingerprint density at radius 3 is 2.15 bits per heavy atom. The molecule has 4 rings (SSSR count). The Morgan fingerprint density at radius 1 is 0.909 bits per heavy atom. The number of nitrogens with zero attached hydrogens (tertiary/aromatic N) is 2. The maximum atomic E-state index is 13.4. The van der Waals surface area contributed by atoms with Crippen LogP contribution < -0.4 is 15.6 Å². The van der Waals surface area contributed by atoms with Crippen LogP contribution in [-0.4, -0.2) is 33.9 Å². The van der Waals surface area contributed by atoms with Crippen LogP contribution in [0, 0.1) is 0 Å². The summed E-state index contributed by atoms with van der Waals surface area (Å²) in [6.45, 7) is 0. The highest BCUT2D eigenvalue weighted by Gasteiger charge is 2.45. The van der Waals surface area contributed by atoms with Gasteiger partial charge >= 0.3 is 0 Å². The molecule has 2 N–H and O–H groups in total. The fraction of sp³-hybridized carbons (Fsp3) is 0.0833. The highest BCUT2D eigenvalue weighted by Crippen LogP contribution is 2.27. The van der Waals surface area contributed by atoms with Gasteiger partial charge in [0.1, 0.15) is 6.04 Å². The first-order chi connectivity index (χ1) is 15.9. The molecule has 33 heavy (non-hydrogen) atoms. The molecule has 0 aliphatic carbocycles. The van der Waals surface area contributed by atoms with Crippen molar-refractivity contribution in [3.05, 3.63) is 95.5 Å². The van der Waals surface area contributed by atoms with Gasteiger partial charge in [-0.05, 0) is 60.7 Å². The Bertz CT molecular complexity index is 1190. The molecule has 1 aliphatic heterocycles. The van der Waals surface area contributed by atoms with E-state index in [1.807, 2.05) is 6.07 Å². The number of amides is 3. The summed E-state index contributed by atoms with van der Waals surface area (Å²) in [5.41, 5.74) is 4.17. The van der Waals surface area contributed by atoms with Gasteiger partial charge in [0.15, 0.2) is 0 Å². The monoisotopic (exact) mass is 478 g/mol. The first kappa shape index (κ1) is 22.4. The van der Waals surface area contributed by atoms with Crippen LogP contribution in [0.4, 0.5) is 11.4 Å². The minimum absolute atomic E-state index is 0.0594. The molecule has 0 bridgehead atoms. The van der Waals surface area contributed by atoms with E-state index in [1.165, 1.54) is 9.91 Å². The van der Waals surface area contributed by atoms with Gasteiger partial charge in [0.2, 0.25) is 11.0 Å². The molecule has 1 fully saturated rings. The first-order valence-electron chi connectivity index (χ1n) is 10.1. The van der Waals surface area contributed by atoms with Gasteiger partial charge in [0.25, 0.3) is 11.8 Å². The van der Waals surface area contributed by atoms with Crippen molar-refractivity contribution >= 4 is 58.0 Å². The van der Waals surface area contributed by atoms with Crippen molar-refractivity contribution < 1.29 is 14.4 Å². The van der Waals surface area contributed by atoms with E-state index in [0.717, 1.165) is 0 Å². The lowest BCUT2D eigenvalue weighted by Crippen LogP contribution is -2.49. The Hall–Kier alpha value is -3.75. The zero-order valence-corrected chi connectivity index (χ0v) is 18.8. The van der Waals surface area contributed by atoms with Crippen LogP contribution >= 0.6 is 23.8 Å². The number of anilines is 2. The van der Waals surface area contributed by atoms with Gasteiger partial charge in [0.05, 0.1) is 12.1 Å². The zero-order valence-electron chi connectivity index (χ0n) is 17.3. The molecule has 9 heteroatoms. The number of hydrogen-bond donors (Lipinski definition) is 2. The summed E-state index contributed by atoms with van der Waals surface area (Å²) in [6, 6.07) is 23.0. The van der Waals surface area contributed by atoms with Crippen molar-refractivity contribution in [2.75, 3.05) is 10.2 Å². The Morgan fingerprint density at radius 2 is 1.52 bits per heavy atom. The maximum absolute atomic E-state index is 13.4. The third-order valence-corrected chi connectivity index (χ3v) is 5.62. The van der Waals surface area contributed by atoms with Crippen molar-refractivity contribution in [1.29, 1.82) is 0 Å². The molecule has 0 aromatic heterocycles. The summed E-state index contributed by atoms with van der Waals surface area (Å²) >= 11 is 11.5. The molecule has 1 atom stereocenters. The van der Waals surface area contributed by atoms with Gasteiger partial charge in [-0.2, -0.15) is 0 Å². The van der Waals surface area contributed by atoms with Crippen LogP contribution in [-0.2, 0) is 9.59 Å². The lowest BCUT2D eigenvalue weighted by molar-refractivity contribution is -0.124. The third kappa shape index (κ3) is 5.02. The normalized spacial score (nSPS) is 15.5. The topological polar surface area (TPSA) is 81.8 Å². The van der Waals surface area contributed by atoms with E-state index in [1.54, 1.807) is 78.9 Å². The van der Waals surface area contributed by atoms with Crippen molar-refractivity contribution in [3.63, 3.8) is 0 Å². The lowest BCUT2D eigenvalue weighted by Gasteiger charge is -2.24. The Labute approximate surface area is 200 Å². The molecule has 1 saturated heterocycles. The second-order valence-corrected chi connectivity index (χ2v) is 8.05. The highest BCUT2D eigenvalue weighted by atomic mass is 35.5. The smallest absolute Gasteiger partial charge is 0.269 e. The summed E-state index contributed by atoms with van der Waals surface area (Å²) in [5.74, 6) is -1.27. The summed E-state index contributed by atoms with van der Waals surface area (Å²) in [4.78, 5) is 40.2. The number of hydrogen-bond acceptors (Lipinski definition) is 4. The average Bonchev–Trinajstić information content (AvgIpc) is 3.05. The highest BCUT2D eigenvalue weighted by molar-refractivity contribution is 7.80. The quantitative estimate of drug-likeness (QED) is 0.523. The molecule has 3 amide bonds. The van der Waals surface area contributed by atoms with Crippen LogP contribution in [0.15, 0.2) is 84.9 Å². The van der Waals surface area contributed by atoms with Gasteiger partial charge in [0, 0.05) is 16.3 Å². The molecule has 166 valence electrons. The van der Waals surface area contributed by atoms with Crippen molar-refractivity contribution in [1.82, 2.24) is 10.4 Å². The fourth-order valence-corrected chi connectivity index (χ4v) is 3.89. The summed E-state index contributed by atoms with van der Waals surface area (Å²) < 4.78 is 0. The number of thiocarbonyl (C=S) groups is 1. The SMILES string of the molecule is O=C(CC1C(=O)N(c2ccc(Cl)cc2)C(=S)N1NC(=O)c1ccccc1)Nc1ccccc1. The predicted molar refractivity (Wildman–Crippen MR) is 131 cm³/mol. The zero-order chi connectivity index (χ0) is 23.4. The number of nitrogens with one attached hydrogen (secondary N) is 2. The number of carbonyl (C=O) groups excluding carboxylic acids is 3. The van der Waals surface area contributed by atoms with E-state index in [4.69, 9.17) is 23.8 Å². The second-order valence-electron chi connectivity index (χ2n) is 7.24. The van der Waals surface area contributed by atoms with E-state index in [-0.39, 0.29) is 17.4 Å². The summed E-state index contributed by atoms with van der Waals surface area (Å²) in [6.07, 6.45) is -0.215. The molecule has 0 saturated carbocycles. The predicted octanol–water partition coefficient (Wildman–Crippen LogP) is 4.02. The van der Waals surface area contributed by atoms with E-state index < -0.39 is 17.9 Å². The molecule has 0 radical (unpaired) electrons. The molecular formula is C24H19ClN4O3S. The molecule has 0 spiro atoms. The number of para-hydroxylation sites is 1.